The predicted octanol–water partition coefficient (Wildman–Crippen LogP) is 0.0883. The minimum atomic E-state index is -3.26. The standard InChI is InChI=1S/C13H25N3O4S/c1-15(2)12(17)16-7-4-13(5-8-16)6-9-20-10-11(13)14-21(3,18)19/h11,14H,4-10H2,1-3H3/t11-/m0/s1. The lowest BCUT2D eigenvalue weighted by atomic mass is 9.69. The summed E-state index contributed by atoms with van der Waals surface area (Å²) in [5, 5.41) is 0. The van der Waals surface area contributed by atoms with Gasteiger partial charge in [0.05, 0.1) is 18.9 Å². The summed E-state index contributed by atoms with van der Waals surface area (Å²) in [4.78, 5) is 15.4. The lowest BCUT2D eigenvalue weighted by molar-refractivity contribution is -0.0391. The van der Waals surface area contributed by atoms with Gasteiger partial charge in [-0.15, -0.1) is 0 Å². The Morgan fingerprint density at radius 3 is 2.43 bits per heavy atom. The van der Waals surface area contributed by atoms with Gasteiger partial charge in [-0.1, -0.05) is 0 Å². The summed E-state index contributed by atoms with van der Waals surface area (Å²) in [7, 11) is 0.229. The van der Waals surface area contributed by atoms with Gasteiger partial charge in [0.15, 0.2) is 0 Å². The average molecular weight is 319 g/mol. The lowest BCUT2D eigenvalue weighted by Crippen LogP contribution is -2.58. The number of likely N-dealkylation sites (tertiary alicyclic amines) is 1. The van der Waals surface area contributed by atoms with Gasteiger partial charge in [0.2, 0.25) is 10.0 Å². The Labute approximate surface area is 126 Å². The van der Waals surface area contributed by atoms with E-state index in [2.05, 4.69) is 4.72 Å². The molecule has 7 nitrogen and oxygen atoms in total. The second-order valence-electron chi connectivity index (χ2n) is 6.29. The molecule has 21 heavy (non-hydrogen) atoms. The highest BCUT2D eigenvalue weighted by Gasteiger charge is 2.45. The Bertz CT molecular complexity index is 484. The van der Waals surface area contributed by atoms with Crippen LogP contribution in [0.1, 0.15) is 19.3 Å². The van der Waals surface area contributed by atoms with Gasteiger partial charge in [-0.2, -0.15) is 0 Å². The number of nitrogens with one attached hydrogen (secondary N) is 1. The van der Waals surface area contributed by atoms with Crippen LogP contribution >= 0.6 is 0 Å². The largest absolute Gasteiger partial charge is 0.380 e. The molecule has 0 aromatic heterocycles. The second kappa shape index (κ2) is 6.10. The van der Waals surface area contributed by atoms with Crippen LogP contribution in [0.2, 0.25) is 0 Å². The molecule has 122 valence electrons. The van der Waals surface area contributed by atoms with Gasteiger partial charge < -0.3 is 14.5 Å². The third-order valence-corrected chi connectivity index (χ3v) is 5.25. The average Bonchev–Trinajstić information content (AvgIpc) is 2.40. The molecule has 2 rings (SSSR count). The molecule has 0 radical (unpaired) electrons. The maximum atomic E-state index is 12.0. The molecule has 1 atom stereocenters. The van der Waals surface area contributed by atoms with E-state index in [4.69, 9.17) is 4.74 Å². The van der Waals surface area contributed by atoms with Gasteiger partial charge in [0, 0.05) is 33.8 Å². The van der Waals surface area contributed by atoms with Crippen molar-refractivity contribution in [3.63, 3.8) is 0 Å². The van der Waals surface area contributed by atoms with Crippen molar-refractivity contribution < 1.29 is 17.9 Å². The van der Waals surface area contributed by atoms with Crippen LogP contribution in [0.25, 0.3) is 0 Å². The van der Waals surface area contributed by atoms with Gasteiger partial charge in [-0.3, -0.25) is 0 Å². The first-order valence-electron chi connectivity index (χ1n) is 7.25. The van der Waals surface area contributed by atoms with E-state index >= 15 is 0 Å². The second-order valence-corrected chi connectivity index (χ2v) is 8.07. The molecular weight excluding hydrogens is 294 g/mol. The van der Waals surface area contributed by atoms with Crippen LogP contribution in [0.3, 0.4) is 0 Å². The van der Waals surface area contributed by atoms with Crippen LogP contribution in [0.5, 0.6) is 0 Å². The quantitative estimate of drug-likeness (QED) is 0.782. The van der Waals surface area contributed by atoms with E-state index in [9.17, 15) is 13.2 Å². The molecule has 0 saturated carbocycles. The van der Waals surface area contributed by atoms with Gasteiger partial charge >= 0.3 is 6.03 Å². The molecule has 2 aliphatic heterocycles. The SMILES string of the molecule is CN(C)C(=O)N1CCC2(CCOC[C@@H]2NS(C)(=O)=O)CC1. The number of ether oxygens (including phenoxy) is 1. The molecule has 0 aliphatic carbocycles. The summed E-state index contributed by atoms with van der Waals surface area (Å²) in [6, 6.07) is -0.178. The predicted molar refractivity (Wildman–Crippen MR) is 79.5 cm³/mol. The topological polar surface area (TPSA) is 79.0 Å². The smallest absolute Gasteiger partial charge is 0.319 e. The van der Waals surface area contributed by atoms with E-state index in [1.54, 1.807) is 19.0 Å². The van der Waals surface area contributed by atoms with Crippen molar-refractivity contribution in [2.24, 2.45) is 5.41 Å². The summed E-state index contributed by atoms with van der Waals surface area (Å²) in [5.74, 6) is 0. The minimum absolute atomic E-state index is 0.0181. The fourth-order valence-corrected chi connectivity index (χ4v) is 4.10. The molecule has 2 amide bonds. The third-order valence-electron chi connectivity index (χ3n) is 4.54. The summed E-state index contributed by atoms with van der Waals surface area (Å²) in [6.45, 7) is 2.40. The van der Waals surface area contributed by atoms with Crippen molar-refractivity contribution >= 4 is 16.1 Å². The number of rotatable bonds is 2. The van der Waals surface area contributed by atoms with Crippen molar-refractivity contribution in [2.75, 3.05) is 46.7 Å². The highest BCUT2D eigenvalue weighted by atomic mass is 32.2. The Morgan fingerprint density at radius 1 is 1.29 bits per heavy atom. The van der Waals surface area contributed by atoms with E-state index in [-0.39, 0.29) is 17.5 Å². The Hall–Kier alpha value is -0.860. The van der Waals surface area contributed by atoms with Gasteiger partial charge in [0.25, 0.3) is 0 Å². The number of hydrogen-bond donors (Lipinski definition) is 1. The van der Waals surface area contributed by atoms with E-state index in [0.717, 1.165) is 19.3 Å². The van der Waals surface area contributed by atoms with Gasteiger partial charge in [0.1, 0.15) is 0 Å². The third kappa shape index (κ3) is 3.87. The highest BCUT2D eigenvalue weighted by Crippen LogP contribution is 2.41. The molecule has 2 fully saturated rings. The molecule has 0 bridgehead atoms. The normalized spacial score (nSPS) is 25.9. The van der Waals surface area contributed by atoms with Crippen LogP contribution < -0.4 is 4.72 Å². The Balaban J connectivity index is 2.06. The molecule has 2 heterocycles. The Morgan fingerprint density at radius 2 is 1.90 bits per heavy atom. The zero-order chi connectivity index (χ0) is 15.7. The summed E-state index contributed by atoms with van der Waals surface area (Å²) in [5.41, 5.74) is -0.0928. The number of urea groups is 1. The number of carbonyl (C=O) groups excluding carboxylic acids is 1. The maximum absolute atomic E-state index is 12.0. The summed E-state index contributed by atoms with van der Waals surface area (Å²) in [6.07, 6.45) is 3.64. The van der Waals surface area contributed by atoms with Crippen molar-refractivity contribution in [3.05, 3.63) is 0 Å². The van der Waals surface area contributed by atoms with E-state index < -0.39 is 10.0 Å². The molecule has 8 heteroatoms. The summed E-state index contributed by atoms with van der Waals surface area (Å²) < 4.78 is 31.3. The zero-order valence-electron chi connectivity index (χ0n) is 13.0. The van der Waals surface area contributed by atoms with Crippen molar-refractivity contribution in [1.82, 2.24) is 14.5 Å². The first kappa shape index (κ1) is 16.5. The van der Waals surface area contributed by atoms with Crippen LogP contribution in [-0.2, 0) is 14.8 Å². The summed E-state index contributed by atoms with van der Waals surface area (Å²) >= 11 is 0. The lowest BCUT2D eigenvalue weighted by Gasteiger charge is -2.49. The minimum Gasteiger partial charge on any atom is -0.380 e. The van der Waals surface area contributed by atoms with Gasteiger partial charge in [-0.25, -0.2) is 17.9 Å². The van der Waals surface area contributed by atoms with Crippen molar-refractivity contribution in [2.45, 2.75) is 25.3 Å². The maximum Gasteiger partial charge on any atom is 0.319 e. The molecule has 2 saturated heterocycles. The van der Waals surface area contributed by atoms with Crippen LogP contribution in [0, 0.1) is 5.41 Å². The molecule has 1 spiro atoms. The number of sulfonamides is 1. The fraction of sp³-hybridized carbons (Fsp3) is 0.923. The molecule has 1 N–H and O–H groups in total. The number of hydrogen-bond acceptors (Lipinski definition) is 4. The van der Waals surface area contributed by atoms with Crippen molar-refractivity contribution in [3.8, 4) is 0 Å². The molecule has 0 aromatic carbocycles. The zero-order valence-corrected chi connectivity index (χ0v) is 13.8. The van der Waals surface area contributed by atoms with Crippen LogP contribution in [-0.4, -0.2) is 76.9 Å². The number of nitrogens with zero attached hydrogens (tertiary/aromatic N) is 2. The van der Waals surface area contributed by atoms with Crippen LogP contribution in [0.15, 0.2) is 0 Å². The van der Waals surface area contributed by atoms with Crippen molar-refractivity contribution in [1.29, 1.82) is 0 Å². The number of piperidine rings is 1. The number of carbonyl (C=O) groups is 1. The van der Waals surface area contributed by atoms with Crippen LogP contribution in [0.4, 0.5) is 4.79 Å². The highest BCUT2D eigenvalue weighted by molar-refractivity contribution is 7.88. The monoisotopic (exact) mass is 319 g/mol. The fourth-order valence-electron chi connectivity index (χ4n) is 3.27. The molecule has 0 unspecified atom stereocenters. The molecular formula is C13H25N3O4S. The molecule has 0 aromatic rings. The van der Waals surface area contributed by atoms with Gasteiger partial charge in [-0.05, 0) is 24.7 Å². The Kier molecular flexibility index (Phi) is 4.79. The van der Waals surface area contributed by atoms with E-state index in [1.165, 1.54) is 6.26 Å². The van der Waals surface area contributed by atoms with E-state index in [1.807, 2.05) is 4.90 Å². The van der Waals surface area contributed by atoms with E-state index in [0.29, 0.717) is 26.3 Å². The number of amides is 2. The molecule has 2 aliphatic rings. The first-order valence-corrected chi connectivity index (χ1v) is 9.14. The first-order chi connectivity index (χ1) is 9.73.